The van der Waals surface area contributed by atoms with Crippen LogP contribution >= 0.6 is 27.5 Å². The summed E-state index contributed by atoms with van der Waals surface area (Å²) >= 11 is 9.51. The van der Waals surface area contributed by atoms with E-state index in [1.165, 1.54) is 18.4 Å². The summed E-state index contributed by atoms with van der Waals surface area (Å²) in [6.45, 7) is 0. The second kappa shape index (κ2) is 8.06. The van der Waals surface area contributed by atoms with Crippen LogP contribution in [0.15, 0.2) is 80.4 Å². The highest BCUT2D eigenvalue weighted by Gasteiger charge is 2.26. The standard InChI is InChI=1S/C21H11BrClNO5/c22-13-7-8-17(28-21(26)18-6-3-9-27-18)12(10-13)11-16-20(25)29-19(24-16)14-4-1-2-5-15(14)23/h1-11H/b16-11-. The molecule has 29 heavy (non-hydrogen) atoms. The highest BCUT2D eigenvalue weighted by molar-refractivity contribution is 9.10. The smallest absolute Gasteiger partial charge is 0.379 e. The first-order valence-electron chi connectivity index (χ1n) is 8.34. The third-order valence-electron chi connectivity index (χ3n) is 3.91. The molecule has 0 N–H and O–H groups in total. The number of rotatable bonds is 4. The number of hydrogen-bond acceptors (Lipinski definition) is 6. The predicted molar refractivity (Wildman–Crippen MR) is 110 cm³/mol. The Bertz CT molecular complexity index is 1170. The average Bonchev–Trinajstić information content (AvgIpc) is 3.35. The molecule has 0 atom stereocenters. The summed E-state index contributed by atoms with van der Waals surface area (Å²) in [5.74, 6) is -0.896. The van der Waals surface area contributed by atoms with Crippen molar-refractivity contribution in [1.82, 2.24) is 0 Å². The molecule has 1 aliphatic heterocycles. The Morgan fingerprint density at radius 1 is 1.14 bits per heavy atom. The molecule has 0 spiro atoms. The maximum absolute atomic E-state index is 12.3. The molecule has 1 aliphatic rings. The van der Waals surface area contributed by atoms with Gasteiger partial charge in [0.2, 0.25) is 11.7 Å². The van der Waals surface area contributed by atoms with E-state index < -0.39 is 11.9 Å². The van der Waals surface area contributed by atoms with Crippen LogP contribution in [-0.2, 0) is 9.53 Å². The van der Waals surface area contributed by atoms with Crippen molar-refractivity contribution in [2.75, 3.05) is 0 Å². The minimum absolute atomic E-state index is 0.0494. The van der Waals surface area contributed by atoms with Crippen LogP contribution in [0.2, 0.25) is 5.02 Å². The quantitative estimate of drug-likeness (QED) is 0.294. The molecule has 0 bridgehead atoms. The molecule has 2 heterocycles. The summed E-state index contributed by atoms with van der Waals surface area (Å²) in [5.41, 5.74) is 1.01. The van der Waals surface area contributed by atoms with Gasteiger partial charge in [0, 0.05) is 10.0 Å². The lowest BCUT2D eigenvalue weighted by atomic mass is 10.1. The number of ether oxygens (including phenoxy) is 2. The molecule has 0 aliphatic carbocycles. The first-order valence-corrected chi connectivity index (χ1v) is 9.51. The summed E-state index contributed by atoms with van der Waals surface area (Å²) in [6.07, 6.45) is 2.85. The number of aliphatic imine (C=N–C) groups is 1. The van der Waals surface area contributed by atoms with Gasteiger partial charge < -0.3 is 13.9 Å². The summed E-state index contributed by atoms with van der Waals surface area (Å²) < 4.78 is 16.4. The number of esters is 2. The molecular formula is C21H11BrClNO5. The number of carbonyl (C=O) groups is 2. The molecule has 0 amide bonds. The van der Waals surface area contributed by atoms with Gasteiger partial charge in [-0.15, -0.1) is 0 Å². The number of halogens is 2. The second-order valence-corrected chi connectivity index (χ2v) is 7.19. The monoisotopic (exact) mass is 471 g/mol. The van der Waals surface area contributed by atoms with Gasteiger partial charge >= 0.3 is 11.9 Å². The van der Waals surface area contributed by atoms with Crippen LogP contribution in [0.3, 0.4) is 0 Å². The molecule has 0 radical (unpaired) electrons. The molecule has 3 aromatic rings. The van der Waals surface area contributed by atoms with Crippen molar-refractivity contribution in [2.45, 2.75) is 0 Å². The molecule has 0 saturated carbocycles. The third kappa shape index (κ3) is 4.16. The van der Waals surface area contributed by atoms with Gasteiger partial charge in [0.25, 0.3) is 0 Å². The fourth-order valence-corrected chi connectivity index (χ4v) is 3.17. The van der Waals surface area contributed by atoms with Crippen molar-refractivity contribution in [3.63, 3.8) is 0 Å². The summed E-state index contributed by atoms with van der Waals surface area (Å²) in [5, 5.41) is 0.413. The number of benzene rings is 2. The van der Waals surface area contributed by atoms with Gasteiger partial charge in [0.05, 0.1) is 16.8 Å². The van der Waals surface area contributed by atoms with Gasteiger partial charge in [0.15, 0.2) is 5.70 Å². The van der Waals surface area contributed by atoms with Crippen LogP contribution in [0.1, 0.15) is 21.7 Å². The van der Waals surface area contributed by atoms with Gasteiger partial charge in [0.1, 0.15) is 5.75 Å². The molecule has 6 nitrogen and oxygen atoms in total. The van der Waals surface area contributed by atoms with Crippen molar-refractivity contribution >= 4 is 51.4 Å². The lowest BCUT2D eigenvalue weighted by molar-refractivity contribution is -0.129. The Hall–Kier alpha value is -3.16. The number of cyclic esters (lactones) is 1. The first kappa shape index (κ1) is 19.2. The van der Waals surface area contributed by atoms with Gasteiger partial charge in [-0.2, -0.15) is 0 Å². The van der Waals surface area contributed by atoms with Crippen LogP contribution in [0.4, 0.5) is 0 Å². The maximum atomic E-state index is 12.3. The van der Waals surface area contributed by atoms with Crippen LogP contribution in [-0.4, -0.2) is 17.8 Å². The number of carbonyl (C=O) groups excluding carboxylic acids is 2. The minimum Gasteiger partial charge on any atom is -0.457 e. The van der Waals surface area contributed by atoms with Crippen molar-refractivity contribution in [2.24, 2.45) is 4.99 Å². The van der Waals surface area contributed by atoms with E-state index in [1.807, 2.05) is 0 Å². The van der Waals surface area contributed by atoms with Crippen LogP contribution in [0.5, 0.6) is 5.75 Å². The summed E-state index contributed by atoms with van der Waals surface area (Å²) in [4.78, 5) is 28.7. The first-order chi connectivity index (χ1) is 14.0. The van der Waals surface area contributed by atoms with E-state index in [4.69, 9.17) is 25.5 Å². The highest BCUT2D eigenvalue weighted by Crippen LogP contribution is 2.29. The Labute approximate surface area is 178 Å². The Morgan fingerprint density at radius 2 is 1.97 bits per heavy atom. The van der Waals surface area contributed by atoms with E-state index in [0.29, 0.717) is 16.1 Å². The molecule has 8 heteroatoms. The SMILES string of the molecule is O=C1OC(c2ccccc2Cl)=N/C1=C\c1cc(Br)ccc1OC(=O)c1ccco1. The largest absolute Gasteiger partial charge is 0.457 e. The lowest BCUT2D eigenvalue weighted by Gasteiger charge is -2.07. The normalized spacial score (nSPS) is 14.6. The average molecular weight is 473 g/mol. The molecule has 1 aromatic heterocycles. The van der Waals surface area contributed by atoms with Gasteiger partial charge in [-0.1, -0.05) is 39.7 Å². The van der Waals surface area contributed by atoms with Gasteiger partial charge in [-0.05, 0) is 48.5 Å². The Morgan fingerprint density at radius 3 is 2.72 bits per heavy atom. The zero-order valence-corrected chi connectivity index (χ0v) is 16.9. The van der Waals surface area contributed by atoms with E-state index in [9.17, 15) is 9.59 Å². The zero-order valence-electron chi connectivity index (χ0n) is 14.6. The van der Waals surface area contributed by atoms with E-state index in [0.717, 1.165) is 4.47 Å². The van der Waals surface area contributed by atoms with Crippen LogP contribution in [0.25, 0.3) is 6.08 Å². The molecule has 4 rings (SSSR count). The summed E-state index contributed by atoms with van der Waals surface area (Å²) in [6, 6.07) is 15.0. The molecule has 0 saturated heterocycles. The van der Waals surface area contributed by atoms with Crippen molar-refractivity contribution < 1.29 is 23.5 Å². The van der Waals surface area contributed by atoms with Gasteiger partial charge in [-0.3, -0.25) is 0 Å². The van der Waals surface area contributed by atoms with Crippen molar-refractivity contribution in [1.29, 1.82) is 0 Å². The zero-order chi connectivity index (χ0) is 20.4. The lowest BCUT2D eigenvalue weighted by Crippen LogP contribution is -2.08. The molecule has 2 aromatic carbocycles. The molecule has 0 fully saturated rings. The fourth-order valence-electron chi connectivity index (χ4n) is 2.58. The number of hydrogen-bond donors (Lipinski definition) is 0. The van der Waals surface area contributed by atoms with Crippen molar-refractivity contribution in [3.8, 4) is 5.75 Å². The van der Waals surface area contributed by atoms with Gasteiger partial charge in [-0.25, -0.2) is 14.6 Å². The molecule has 0 unspecified atom stereocenters. The fraction of sp³-hybridized carbons (Fsp3) is 0. The van der Waals surface area contributed by atoms with Crippen molar-refractivity contribution in [3.05, 3.63) is 92.9 Å². The topological polar surface area (TPSA) is 78.1 Å². The Balaban J connectivity index is 1.68. The number of furan rings is 1. The number of nitrogens with zero attached hydrogens (tertiary/aromatic N) is 1. The van der Waals surface area contributed by atoms with Crippen LogP contribution < -0.4 is 4.74 Å². The Kier molecular flexibility index (Phi) is 5.33. The summed E-state index contributed by atoms with van der Waals surface area (Å²) in [7, 11) is 0. The van der Waals surface area contributed by atoms with E-state index in [2.05, 4.69) is 20.9 Å². The maximum Gasteiger partial charge on any atom is 0.379 e. The second-order valence-electron chi connectivity index (χ2n) is 5.86. The highest BCUT2D eigenvalue weighted by atomic mass is 79.9. The molecular weight excluding hydrogens is 462 g/mol. The molecule has 144 valence electrons. The predicted octanol–water partition coefficient (Wildman–Crippen LogP) is 5.26. The minimum atomic E-state index is -0.661. The van der Waals surface area contributed by atoms with E-state index >= 15 is 0 Å². The van der Waals surface area contributed by atoms with E-state index in [1.54, 1.807) is 48.5 Å². The van der Waals surface area contributed by atoms with Crippen LogP contribution in [0, 0.1) is 0 Å². The van der Waals surface area contributed by atoms with E-state index in [-0.39, 0.29) is 23.1 Å². The third-order valence-corrected chi connectivity index (χ3v) is 4.74.